The second-order valence-electron chi connectivity index (χ2n) is 6.28. The van der Waals surface area contributed by atoms with E-state index in [9.17, 15) is 18.4 Å². The van der Waals surface area contributed by atoms with Gasteiger partial charge in [0, 0.05) is 11.1 Å². The predicted octanol–water partition coefficient (Wildman–Crippen LogP) is 3.66. The van der Waals surface area contributed by atoms with Gasteiger partial charge < -0.3 is 10.1 Å². The minimum Gasteiger partial charge on any atom is -0.497 e. The van der Waals surface area contributed by atoms with Crippen molar-refractivity contribution in [2.24, 2.45) is 0 Å². The zero-order chi connectivity index (χ0) is 23.5. The van der Waals surface area contributed by atoms with E-state index in [0.717, 1.165) is 12.1 Å². The van der Waals surface area contributed by atoms with Crippen LogP contribution in [0, 0.1) is 23.1 Å². The lowest BCUT2D eigenvalue weighted by Gasteiger charge is -2.12. The first-order chi connectivity index (χ1) is 15.1. The van der Waals surface area contributed by atoms with Crippen molar-refractivity contribution in [1.29, 1.82) is 5.26 Å². The first-order valence-electron chi connectivity index (χ1n) is 10.1. The number of hydrogen-bond donors (Lipinski definition) is 2. The van der Waals surface area contributed by atoms with Gasteiger partial charge in [0.1, 0.15) is 23.1 Å². The second-order valence-corrected chi connectivity index (χ2v) is 6.28. The third-order valence-corrected chi connectivity index (χ3v) is 4.50. The van der Waals surface area contributed by atoms with E-state index >= 15 is 0 Å². The minimum absolute atomic E-state index is 0.00274. The molecule has 0 aromatic heterocycles. The molecule has 0 fully saturated rings. The van der Waals surface area contributed by atoms with Gasteiger partial charge in [0.05, 0.1) is 11.2 Å². The van der Waals surface area contributed by atoms with Crippen LogP contribution in [-0.4, -0.2) is 18.9 Å². The lowest BCUT2D eigenvalue weighted by molar-refractivity contribution is -0.117. The summed E-state index contributed by atoms with van der Waals surface area (Å²) in [5, 5.41) is 12.7. The molecule has 0 heterocycles. The SMILES string of the molecule is [2H]C([2H])([2H])Oc1cccc(-c2cc(F)c(NC(=O)C3=C(C(=O)NC#N)CCC3)c(F)c2)c1. The van der Waals surface area contributed by atoms with Crippen LogP contribution in [0.2, 0.25) is 0 Å². The van der Waals surface area contributed by atoms with Crippen molar-refractivity contribution in [1.82, 2.24) is 5.32 Å². The maximum atomic E-state index is 14.7. The van der Waals surface area contributed by atoms with Crippen molar-refractivity contribution in [3.05, 3.63) is 59.2 Å². The molecule has 1 aliphatic carbocycles. The van der Waals surface area contributed by atoms with Crippen LogP contribution < -0.4 is 15.4 Å². The van der Waals surface area contributed by atoms with E-state index < -0.39 is 36.2 Å². The van der Waals surface area contributed by atoms with Crippen molar-refractivity contribution in [2.75, 3.05) is 12.4 Å². The highest BCUT2D eigenvalue weighted by Gasteiger charge is 2.27. The zero-order valence-electron chi connectivity index (χ0n) is 18.0. The smallest absolute Gasteiger partial charge is 0.260 e. The monoisotopic (exact) mass is 400 g/mol. The zero-order valence-corrected chi connectivity index (χ0v) is 15.0. The molecule has 0 aliphatic heterocycles. The molecule has 148 valence electrons. The predicted molar refractivity (Wildman–Crippen MR) is 102 cm³/mol. The lowest BCUT2D eigenvalue weighted by Crippen LogP contribution is -2.23. The summed E-state index contributed by atoms with van der Waals surface area (Å²) in [6.07, 6.45) is 2.49. The van der Waals surface area contributed by atoms with Gasteiger partial charge in [-0.15, -0.1) is 0 Å². The molecule has 29 heavy (non-hydrogen) atoms. The van der Waals surface area contributed by atoms with E-state index in [1.165, 1.54) is 30.5 Å². The normalized spacial score (nSPS) is 15.0. The van der Waals surface area contributed by atoms with Gasteiger partial charge >= 0.3 is 0 Å². The average Bonchev–Trinajstić information content (AvgIpc) is 3.20. The summed E-state index contributed by atoms with van der Waals surface area (Å²) in [6, 6.07) is 7.68. The minimum atomic E-state index is -2.68. The molecule has 2 aromatic rings. The Labute approximate surface area is 170 Å². The largest absolute Gasteiger partial charge is 0.497 e. The standard InChI is InChI=1S/C21H17F2N3O3/c1-29-14-5-2-4-12(8-14)13-9-17(22)19(18(23)10-13)26-21(28)16-7-3-6-15(16)20(27)25-11-24/h2,4-5,8-10H,3,6-7H2,1H3,(H,25,27)(H,26,28)/i1D3. The van der Waals surface area contributed by atoms with Crippen LogP contribution >= 0.6 is 0 Å². The molecular formula is C21H17F2N3O3. The highest BCUT2D eigenvalue weighted by atomic mass is 19.1. The Balaban J connectivity index is 1.87. The molecule has 2 N–H and O–H groups in total. The molecular weight excluding hydrogens is 380 g/mol. The topological polar surface area (TPSA) is 91.2 Å². The first-order valence-corrected chi connectivity index (χ1v) is 8.60. The van der Waals surface area contributed by atoms with Gasteiger partial charge in [-0.2, -0.15) is 5.26 Å². The van der Waals surface area contributed by atoms with Crippen molar-refractivity contribution in [2.45, 2.75) is 19.3 Å². The number of nitriles is 1. The molecule has 8 heteroatoms. The summed E-state index contributed by atoms with van der Waals surface area (Å²) in [7, 11) is -2.68. The molecule has 2 aromatic carbocycles. The van der Waals surface area contributed by atoms with Crippen LogP contribution in [0.1, 0.15) is 23.4 Å². The first kappa shape index (κ1) is 16.2. The molecule has 0 spiro atoms. The fourth-order valence-corrected chi connectivity index (χ4v) is 3.16. The number of carbonyl (C=O) groups is 2. The number of amides is 2. The Kier molecular flexibility index (Phi) is 4.77. The molecule has 3 rings (SSSR count). The third-order valence-electron chi connectivity index (χ3n) is 4.50. The van der Waals surface area contributed by atoms with Crippen LogP contribution in [0.25, 0.3) is 11.1 Å². The summed E-state index contributed by atoms with van der Waals surface area (Å²) in [6.45, 7) is 0. The van der Waals surface area contributed by atoms with Gasteiger partial charge in [-0.25, -0.2) is 8.78 Å². The number of rotatable bonds is 5. The summed E-state index contributed by atoms with van der Waals surface area (Å²) in [4.78, 5) is 24.4. The molecule has 1 aliphatic rings. The van der Waals surface area contributed by atoms with Crippen molar-refractivity contribution < 1.29 is 27.2 Å². The summed E-state index contributed by atoms with van der Waals surface area (Å²) in [5.74, 6) is -3.67. The van der Waals surface area contributed by atoms with Crippen LogP contribution in [0.5, 0.6) is 5.75 Å². The average molecular weight is 400 g/mol. The Morgan fingerprint density at radius 3 is 2.45 bits per heavy atom. The van der Waals surface area contributed by atoms with E-state index in [1.807, 2.05) is 5.32 Å². The van der Waals surface area contributed by atoms with Crippen LogP contribution in [-0.2, 0) is 9.59 Å². The van der Waals surface area contributed by atoms with Crippen molar-refractivity contribution in [3.8, 4) is 23.1 Å². The van der Waals surface area contributed by atoms with Gasteiger partial charge in [-0.3, -0.25) is 14.9 Å². The number of ether oxygens (including phenoxy) is 1. The number of halogens is 2. The molecule has 0 saturated heterocycles. The van der Waals surface area contributed by atoms with Gasteiger partial charge in [0.15, 0.2) is 6.19 Å². The summed E-state index contributed by atoms with van der Waals surface area (Å²) < 4.78 is 55.6. The molecule has 0 atom stereocenters. The number of benzene rings is 2. The van der Waals surface area contributed by atoms with Crippen molar-refractivity contribution in [3.63, 3.8) is 0 Å². The van der Waals surface area contributed by atoms with E-state index in [2.05, 4.69) is 5.32 Å². The van der Waals surface area contributed by atoms with E-state index in [-0.39, 0.29) is 35.3 Å². The fraction of sp³-hybridized carbons (Fsp3) is 0.190. The quantitative estimate of drug-likeness (QED) is 0.592. The number of carbonyl (C=O) groups excluding carboxylic acids is 2. The Bertz CT molecular complexity index is 1130. The van der Waals surface area contributed by atoms with E-state index in [0.29, 0.717) is 12.0 Å². The van der Waals surface area contributed by atoms with Crippen molar-refractivity contribution >= 4 is 17.5 Å². The van der Waals surface area contributed by atoms with Gasteiger partial charge in [-0.1, -0.05) is 12.1 Å². The van der Waals surface area contributed by atoms with Gasteiger partial charge in [0.2, 0.25) is 0 Å². The van der Waals surface area contributed by atoms with Crippen LogP contribution in [0.15, 0.2) is 47.5 Å². The van der Waals surface area contributed by atoms with E-state index in [4.69, 9.17) is 14.1 Å². The molecule has 0 radical (unpaired) electrons. The Morgan fingerprint density at radius 2 is 1.79 bits per heavy atom. The molecule has 2 amide bonds. The van der Waals surface area contributed by atoms with Crippen LogP contribution in [0.3, 0.4) is 0 Å². The van der Waals surface area contributed by atoms with Crippen LogP contribution in [0.4, 0.5) is 14.5 Å². The van der Waals surface area contributed by atoms with Gasteiger partial charge in [0.25, 0.3) is 11.8 Å². The third kappa shape index (κ3) is 4.24. The number of methoxy groups -OCH3 is 1. The number of nitrogens with one attached hydrogen (secondary N) is 2. The highest BCUT2D eigenvalue weighted by Crippen LogP contribution is 2.31. The maximum absolute atomic E-state index is 14.7. The highest BCUT2D eigenvalue weighted by molar-refractivity contribution is 6.11. The molecule has 0 bridgehead atoms. The van der Waals surface area contributed by atoms with Gasteiger partial charge in [-0.05, 0) is 54.7 Å². The Morgan fingerprint density at radius 1 is 1.10 bits per heavy atom. The molecule has 0 unspecified atom stereocenters. The molecule has 0 saturated carbocycles. The number of nitrogens with zero attached hydrogens (tertiary/aromatic N) is 1. The van der Waals surface area contributed by atoms with E-state index in [1.54, 1.807) is 0 Å². The summed E-state index contributed by atoms with van der Waals surface area (Å²) in [5.41, 5.74) is -0.115. The fourth-order valence-electron chi connectivity index (χ4n) is 3.16. The number of hydrogen-bond acceptors (Lipinski definition) is 4. The number of anilines is 1. The Hall–Kier alpha value is -3.73. The summed E-state index contributed by atoms with van der Waals surface area (Å²) >= 11 is 0. The lowest BCUT2D eigenvalue weighted by atomic mass is 10.0. The second kappa shape index (κ2) is 8.52. The molecule has 6 nitrogen and oxygen atoms in total. The maximum Gasteiger partial charge on any atom is 0.260 e.